The van der Waals surface area contributed by atoms with Crippen molar-refractivity contribution in [3.8, 4) is 11.4 Å². The minimum atomic E-state index is 0.381. The number of nitrogens with zero attached hydrogens (tertiary/aromatic N) is 3. The normalized spacial score (nSPS) is 11.3. The lowest BCUT2D eigenvalue weighted by Gasteiger charge is -2.01. The maximum absolute atomic E-state index is 6.00. The van der Waals surface area contributed by atoms with Crippen LogP contribution in [-0.2, 0) is 0 Å². The van der Waals surface area contributed by atoms with Crippen molar-refractivity contribution >= 4 is 53.2 Å². The average Bonchev–Trinajstić information content (AvgIpc) is 2.90. The molecule has 2 aromatic carbocycles. The number of hydrogen-bond acceptors (Lipinski definition) is 3. The van der Waals surface area contributed by atoms with Crippen LogP contribution in [-0.4, -0.2) is 21.1 Å². The molecule has 0 aliphatic heterocycles. The van der Waals surface area contributed by atoms with Crippen molar-refractivity contribution in [3.63, 3.8) is 0 Å². The second-order valence-electron chi connectivity index (χ2n) is 4.59. The number of rotatable bonds is 3. The van der Waals surface area contributed by atoms with Gasteiger partial charge in [0.1, 0.15) is 0 Å². The molecule has 0 atom stereocenters. The second kappa shape index (κ2) is 6.84. The Morgan fingerprint density at radius 3 is 2.48 bits per heavy atom. The molecule has 0 amide bonds. The van der Waals surface area contributed by atoms with E-state index in [1.807, 2.05) is 18.2 Å². The minimum Gasteiger partial charge on any atom is -0.250 e. The molecule has 1 heterocycles. The van der Waals surface area contributed by atoms with Crippen LogP contribution in [0.15, 0.2) is 47.6 Å². The van der Waals surface area contributed by atoms with Gasteiger partial charge in [0.15, 0.2) is 5.82 Å². The molecule has 0 fully saturated rings. The summed E-state index contributed by atoms with van der Waals surface area (Å²) in [5.74, 6) is 0.586. The Bertz CT molecular complexity index is 929. The predicted octanol–water partition coefficient (Wildman–Crippen LogP) is 5.45. The van der Waals surface area contributed by atoms with Gasteiger partial charge in [-0.05, 0) is 54.2 Å². The first-order chi connectivity index (χ1) is 11.0. The third-order valence-corrected chi connectivity index (χ3v) is 4.27. The van der Waals surface area contributed by atoms with Crippen LogP contribution in [0.4, 0.5) is 0 Å². The van der Waals surface area contributed by atoms with Gasteiger partial charge in [-0.3, -0.25) is 0 Å². The van der Waals surface area contributed by atoms with Crippen molar-refractivity contribution in [3.05, 3.63) is 67.9 Å². The van der Waals surface area contributed by atoms with E-state index in [4.69, 9.17) is 47.0 Å². The van der Waals surface area contributed by atoms with Crippen LogP contribution in [0.5, 0.6) is 0 Å². The quantitative estimate of drug-likeness (QED) is 0.483. The SMILES string of the molecule is S=c1[nH]nc(-c2ccc(Cl)cc2)n1/N=C\c1ccc(Cl)c(Cl)c1. The maximum Gasteiger partial charge on any atom is 0.216 e. The molecule has 0 saturated heterocycles. The molecule has 1 N–H and O–H groups in total. The van der Waals surface area contributed by atoms with Crippen molar-refractivity contribution < 1.29 is 0 Å². The van der Waals surface area contributed by atoms with Crippen molar-refractivity contribution in [2.24, 2.45) is 5.10 Å². The highest BCUT2D eigenvalue weighted by molar-refractivity contribution is 7.71. The molecule has 0 spiro atoms. The summed E-state index contributed by atoms with van der Waals surface area (Å²) in [5, 5.41) is 12.9. The van der Waals surface area contributed by atoms with Gasteiger partial charge in [-0.25, -0.2) is 5.10 Å². The molecule has 3 aromatic rings. The average molecular weight is 384 g/mol. The molecule has 0 radical (unpaired) electrons. The molecule has 1 aromatic heterocycles. The number of halogens is 3. The van der Waals surface area contributed by atoms with E-state index in [9.17, 15) is 0 Å². The summed E-state index contributed by atoms with van der Waals surface area (Å²) in [6, 6.07) is 12.5. The fourth-order valence-electron chi connectivity index (χ4n) is 1.90. The summed E-state index contributed by atoms with van der Waals surface area (Å²) >= 11 is 23.0. The Hall–Kier alpha value is -1.66. The fraction of sp³-hybridized carbons (Fsp3) is 0. The third kappa shape index (κ3) is 3.64. The zero-order valence-corrected chi connectivity index (χ0v) is 14.6. The summed E-state index contributed by atoms with van der Waals surface area (Å²) in [6.07, 6.45) is 1.63. The summed E-state index contributed by atoms with van der Waals surface area (Å²) in [5.41, 5.74) is 1.64. The highest BCUT2D eigenvalue weighted by Gasteiger charge is 2.08. The molecule has 0 saturated carbocycles. The van der Waals surface area contributed by atoms with Crippen LogP contribution in [0.3, 0.4) is 0 Å². The number of aromatic amines is 1. The van der Waals surface area contributed by atoms with Gasteiger partial charge in [-0.2, -0.15) is 14.9 Å². The van der Waals surface area contributed by atoms with E-state index in [1.165, 1.54) is 4.68 Å². The standard InChI is InChI=1S/C15H9Cl3N4S/c16-11-4-2-10(3-5-11)14-20-21-15(23)22(14)19-8-9-1-6-12(17)13(18)7-9/h1-8H,(H,21,23)/b19-8-. The molecule has 0 aliphatic rings. The monoisotopic (exact) mass is 382 g/mol. The van der Waals surface area contributed by atoms with Gasteiger partial charge >= 0.3 is 0 Å². The lowest BCUT2D eigenvalue weighted by Crippen LogP contribution is -1.95. The number of H-pyrrole nitrogens is 1. The number of hydrogen-bond donors (Lipinski definition) is 1. The van der Waals surface area contributed by atoms with Crippen LogP contribution < -0.4 is 0 Å². The number of benzene rings is 2. The van der Waals surface area contributed by atoms with Crippen LogP contribution in [0, 0.1) is 4.77 Å². The Morgan fingerprint density at radius 1 is 1.04 bits per heavy atom. The number of aromatic nitrogens is 3. The summed E-state index contributed by atoms with van der Waals surface area (Å²) in [6.45, 7) is 0. The zero-order valence-electron chi connectivity index (χ0n) is 11.5. The van der Waals surface area contributed by atoms with Gasteiger partial charge in [0.05, 0.1) is 16.3 Å². The van der Waals surface area contributed by atoms with Gasteiger partial charge < -0.3 is 0 Å². The molecule has 23 heavy (non-hydrogen) atoms. The van der Waals surface area contributed by atoms with E-state index in [0.717, 1.165) is 11.1 Å². The highest BCUT2D eigenvalue weighted by Crippen LogP contribution is 2.22. The topological polar surface area (TPSA) is 46.0 Å². The molecule has 116 valence electrons. The van der Waals surface area contributed by atoms with E-state index < -0.39 is 0 Å². The van der Waals surface area contributed by atoms with Crippen molar-refractivity contribution in [2.75, 3.05) is 0 Å². The molecule has 0 aliphatic carbocycles. The molecule has 0 unspecified atom stereocenters. The van der Waals surface area contributed by atoms with E-state index in [-0.39, 0.29) is 0 Å². The maximum atomic E-state index is 6.00. The van der Waals surface area contributed by atoms with Gasteiger partial charge in [-0.15, -0.1) is 0 Å². The smallest absolute Gasteiger partial charge is 0.216 e. The molecule has 8 heteroatoms. The van der Waals surface area contributed by atoms with Gasteiger partial charge in [0, 0.05) is 10.6 Å². The summed E-state index contributed by atoms with van der Waals surface area (Å²) in [7, 11) is 0. The summed E-state index contributed by atoms with van der Waals surface area (Å²) < 4.78 is 1.91. The lowest BCUT2D eigenvalue weighted by molar-refractivity contribution is 0.871. The minimum absolute atomic E-state index is 0.381. The van der Waals surface area contributed by atoms with Crippen molar-refractivity contribution in [2.45, 2.75) is 0 Å². The van der Waals surface area contributed by atoms with E-state index in [0.29, 0.717) is 25.7 Å². The summed E-state index contributed by atoms with van der Waals surface area (Å²) in [4.78, 5) is 0. The Balaban J connectivity index is 1.98. The van der Waals surface area contributed by atoms with Crippen molar-refractivity contribution in [1.29, 1.82) is 0 Å². The fourth-order valence-corrected chi connectivity index (χ4v) is 2.51. The Morgan fingerprint density at radius 2 is 1.78 bits per heavy atom. The van der Waals surface area contributed by atoms with Crippen LogP contribution in [0.2, 0.25) is 15.1 Å². The first kappa shape index (κ1) is 16.2. The second-order valence-corrected chi connectivity index (χ2v) is 6.23. The van der Waals surface area contributed by atoms with E-state index >= 15 is 0 Å². The van der Waals surface area contributed by atoms with Crippen LogP contribution in [0.25, 0.3) is 11.4 Å². The Labute approximate surface area is 152 Å². The Kier molecular flexibility index (Phi) is 4.82. The molecular formula is C15H9Cl3N4S. The van der Waals surface area contributed by atoms with Gasteiger partial charge in [0.25, 0.3) is 0 Å². The lowest BCUT2D eigenvalue weighted by atomic mass is 10.2. The molecule has 0 bridgehead atoms. The number of nitrogens with one attached hydrogen (secondary N) is 1. The largest absolute Gasteiger partial charge is 0.250 e. The van der Waals surface area contributed by atoms with Crippen molar-refractivity contribution in [1.82, 2.24) is 14.9 Å². The van der Waals surface area contributed by atoms with Crippen LogP contribution >= 0.6 is 47.0 Å². The van der Waals surface area contributed by atoms with E-state index in [2.05, 4.69) is 15.3 Å². The third-order valence-electron chi connectivity index (χ3n) is 3.02. The van der Waals surface area contributed by atoms with Gasteiger partial charge in [0.2, 0.25) is 4.77 Å². The van der Waals surface area contributed by atoms with Gasteiger partial charge in [-0.1, -0.05) is 40.9 Å². The molecular weight excluding hydrogens is 375 g/mol. The molecule has 3 rings (SSSR count). The zero-order chi connectivity index (χ0) is 16.4. The van der Waals surface area contributed by atoms with E-state index in [1.54, 1.807) is 30.5 Å². The molecule has 4 nitrogen and oxygen atoms in total. The van der Waals surface area contributed by atoms with Crippen LogP contribution in [0.1, 0.15) is 5.56 Å². The first-order valence-corrected chi connectivity index (χ1v) is 8.01. The first-order valence-electron chi connectivity index (χ1n) is 6.47. The predicted molar refractivity (Wildman–Crippen MR) is 97.3 cm³/mol. The highest BCUT2D eigenvalue weighted by atomic mass is 35.5.